The summed E-state index contributed by atoms with van der Waals surface area (Å²) in [5, 5.41) is 18.7. The summed E-state index contributed by atoms with van der Waals surface area (Å²) in [6.45, 7) is 3.76. The second-order valence-corrected chi connectivity index (χ2v) is 4.03. The molecule has 0 aliphatic rings. The summed E-state index contributed by atoms with van der Waals surface area (Å²) in [5.41, 5.74) is -0.569. The van der Waals surface area contributed by atoms with Crippen LogP contribution in [0.1, 0.15) is 26.7 Å². The fourth-order valence-electron chi connectivity index (χ4n) is 1.61. The zero-order valence-corrected chi connectivity index (χ0v) is 10.1. The van der Waals surface area contributed by atoms with E-state index in [1.807, 2.05) is 13.8 Å². The Kier molecular flexibility index (Phi) is 5.69. The molecule has 0 aliphatic carbocycles. The lowest BCUT2D eigenvalue weighted by atomic mass is 9.82. The molecule has 0 heterocycles. The zero-order chi connectivity index (χ0) is 13.6. The Bertz CT molecular complexity index is 256. The Labute approximate surface area is 99.7 Å². The second kappa shape index (κ2) is 6.26. The smallest absolute Gasteiger partial charge is 0.421 e. The summed E-state index contributed by atoms with van der Waals surface area (Å²) in [4.78, 5) is 21.3. The third-order valence-electron chi connectivity index (χ3n) is 3.00. The van der Waals surface area contributed by atoms with Gasteiger partial charge in [0.2, 0.25) is 0 Å². The normalized spacial score (nSPS) is 11.1. The summed E-state index contributed by atoms with van der Waals surface area (Å²) in [7, 11) is 0. The molecule has 0 bridgehead atoms. The van der Waals surface area contributed by atoms with Crippen molar-refractivity contribution in [2.75, 3.05) is 13.1 Å². The van der Waals surface area contributed by atoms with Crippen LogP contribution in [0.5, 0.6) is 0 Å². The molecule has 0 spiro atoms. The summed E-state index contributed by atoms with van der Waals surface area (Å²) in [5.74, 6) is 10.7. The van der Waals surface area contributed by atoms with Gasteiger partial charge >= 0.3 is 12.2 Å². The van der Waals surface area contributed by atoms with Gasteiger partial charge in [-0.1, -0.05) is 13.8 Å². The first-order valence-electron chi connectivity index (χ1n) is 5.28. The molecule has 0 radical (unpaired) electrons. The Morgan fingerprint density at radius 1 is 1.00 bits per heavy atom. The van der Waals surface area contributed by atoms with Gasteiger partial charge in [-0.2, -0.15) is 0 Å². The van der Waals surface area contributed by atoms with Crippen LogP contribution in [-0.2, 0) is 0 Å². The van der Waals surface area contributed by atoms with Crippen molar-refractivity contribution in [1.82, 2.24) is 10.0 Å². The zero-order valence-electron chi connectivity index (χ0n) is 10.1. The fourth-order valence-corrected chi connectivity index (χ4v) is 1.61. The van der Waals surface area contributed by atoms with Gasteiger partial charge in [0.05, 0.1) is 0 Å². The van der Waals surface area contributed by atoms with Crippen molar-refractivity contribution < 1.29 is 19.8 Å². The molecule has 0 atom stereocenters. The summed E-state index contributed by atoms with van der Waals surface area (Å²) in [6, 6.07) is 0. The van der Waals surface area contributed by atoms with E-state index in [0.29, 0.717) is 22.9 Å². The number of hydrogen-bond acceptors (Lipinski definition) is 4. The molecule has 2 amide bonds. The van der Waals surface area contributed by atoms with Crippen LogP contribution in [0, 0.1) is 5.41 Å². The number of rotatable bonds is 6. The molecule has 0 saturated heterocycles. The minimum absolute atomic E-state index is 0.0380. The van der Waals surface area contributed by atoms with Crippen LogP contribution in [0.3, 0.4) is 0 Å². The SMILES string of the molecule is CCC(CC)(CN(N)C(=O)O)CN(N)C(=O)O. The van der Waals surface area contributed by atoms with E-state index >= 15 is 0 Å². The molecule has 6 N–H and O–H groups in total. The van der Waals surface area contributed by atoms with Crippen LogP contribution in [0.2, 0.25) is 0 Å². The van der Waals surface area contributed by atoms with E-state index in [2.05, 4.69) is 0 Å². The number of carbonyl (C=O) groups is 2. The molecule has 0 aliphatic heterocycles. The molecule has 0 unspecified atom stereocenters. The lowest BCUT2D eigenvalue weighted by molar-refractivity contribution is 0.0732. The van der Waals surface area contributed by atoms with Crippen molar-refractivity contribution in [3.05, 3.63) is 0 Å². The number of nitrogens with two attached hydrogens (primary N) is 2. The van der Waals surface area contributed by atoms with Crippen molar-refractivity contribution in [3.8, 4) is 0 Å². The first-order valence-corrected chi connectivity index (χ1v) is 5.28. The standard InChI is InChI=1S/C9H20N4O4/c1-3-9(4-2,5-12(10)7(14)15)6-13(11)8(16)17/h3-6,10-11H2,1-2H3,(H,14,15)(H,16,17). The number of carboxylic acid groups (broad SMARTS) is 2. The Morgan fingerprint density at radius 2 is 1.29 bits per heavy atom. The number of nitrogens with zero attached hydrogens (tertiary/aromatic N) is 2. The molecule has 0 rings (SSSR count). The van der Waals surface area contributed by atoms with Crippen LogP contribution in [-0.4, -0.2) is 45.5 Å². The van der Waals surface area contributed by atoms with Crippen LogP contribution >= 0.6 is 0 Å². The Morgan fingerprint density at radius 3 is 1.47 bits per heavy atom. The van der Waals surface area contributed by atoms with Gasteiger partial charge in [-0.15, -0.1) is 0 Å². The van der Waals surface area contributed by atoms with E-state index in [-0.39, 0.29) is 13.1 Å². The van der Waals surface area contributed by atoms with E-state index in [4.69, 9.17) is 21.9 Å². The summed E-state index contributed by atoms with van der Waals surface area (Å²) in [6.07, 6.45) is -1.36. The summed E-state index contributed by atoms with van der Waals surface area (Å²) >= 11 is 0. The average molecular weight is 248 g/mol. The van der Waals surface area contributed by atoms with Crippen LogP contribution in [0.4, 0.5) is 9.59 Å². The molecule has 0 aromatic rings. The first kappa shape index (κ1) is 15.5. The third kappa shape index (κ3) is 4.45. The topological polar surface area (TPSA) is 133 Å². The van der Waals surface area contributed by atoms with Crippen LogP contribution < -0.4 is 11.7 Å². The van der Waals surface area contributed by atoms with Gasteiger partial charge < -0.3 is 10.2 Å². The highest BCUT2D eigenvalue weighted by molar-refractivity contribution is 5.64. The maximum atomic E-state index is 10.7. The number of amides is 2. The van der Waals surface area contributed by atoms with Crippen molar-refractivity contribution >= 4 is 12.2 Å². The number of hydrazine groups is 2. The quantitative estimate of drug-likeness (QED) is 0.307. The third-order valence-corrected chi connectivity index (χ3v) is 3.00. The maximum Gasteiger partial charge on any atom is 0.421 e. The molecule has 8 nitrogen and oxygen atoms in total. The predicted octanol–water partition coefficient (Wildman–Crippen LogP) is 0.500. The molecule has 0 aromatic heterocycles. The second-order valence-electron chi connectivity index (χ2n) is 4.03. The van der Waals surface area contributed by atoms with Gasteiger partial charge in [-0.25, -0.2) is 31.3 Å². The fraction of sp³-hybridized carbons (Fsp3) is 0.778. The molecule has 17 heavy (non-hydrogen) atoms. The lowest BCUT2D eigenvalue weighted by Gasteiger charge is -2.36. The first-order chi connectivity index (χ1) is 7.78. The van der Waals surface area contributed by atoms with Gasteiger partial charge in [-0.3, -0.25) is 0 Å². The van der Waals surface area contributed by atoms with E-state index in [1.165, 1.54) is 0 Å². The lowest BCUT2D eigenvalue weighted by Crippen LogP contribution is -2.52. The van der Waals surface area contributed by atoms with E-state index in [0.717, 1.165) is 0 Å². The Balaban J connectivity index is 4.77. The van der Waals surface area contributed by atoms with Crippen molar-refractivity contribution in [1.29, 1.82) is 0 Å². The highest BCUT2D eigenvalue weighted by Crippen LogP contribution is 2.27. The van der Waals surface area contributed by atoms with Gasteiger partial charge in [0.15, 0.2) is 0 Å². The largest absolute Gasteiger partial charge is 0.464 e. The van der Waals surface area contributed by atoms with Crippen molar-refractivity contribution in [3.63, 3.8) is 0 Å². The molecular formula is C9H20N4O4. The summed E-state index contributed by atoms with van der Waals surface area (Å²) < 4.78 is 0. The minimum atomic E-state index is -1.25. The predicted molar refractivity (Wildman–Crippen MR) is 60.9 cm³/mol. The van der Waals surface area contributed by atoms with Gasteiger partial charge in [0, 0.05) is 18.5 Å². The van der Waals surface area contributed by atoms with Gasteiger partial charge in [0.1, 0.15) is 0 Å². The minimum Gasteiger partial charge on any atom is -0.464 e. The molecular weight excluding hydrogens is 228 g/mol. The molecule has 0 saturated carbocycles. The molecule has 0 fully saturated rings. The molecule has 100 valence electrons. The average Bonchev–Trinajstić information content (AvgIpc) is 2.27. The van der Waals surface area contributed by atoms with Gasteiger partial charge in [-0.05, 0) is 12.8 Å². The van der Waals surface area contributed by atoms with Crippen molar-refractivity contribution in [2.45, 2.75) is 26.7 Å². The highest BCUT2D eigenvalue weighted by Gasteiger charge is 2.32. The maximum absolute atomic E-state index is 10.7. The monoisotopic (exact) mass is 248 g/mol. The van der Waals surface area contributed by atoms with E-state index in [9.17, 15) is 9.59 Å². The number of hydrogen-bond donors (Lipinski definition) is 4. The highest BCUT2D eigenvalue weighted by atomic mass is 16.4. The van der Waals surface area contributed by atoms with Crippen molar-refractivity contribution in [2.24, 2.45) is 17.1 Å². The Hall–Kier alpha value is -1.54. The molecule has 0 aromatic carbocycles. The van der Waals surface area contributed by atoms with Crippen LogP contribution in [0.15, 0.2) is 0 Å². The van der Waals surface area contributed by atoms with Gasteiger partial charge in [0.25, 0.3) is 0 Å². The van der Waals surface area contributed by atoms with E-state index in [1.54, 1.807) is 0 Å². The van der Waals surface area contributed by atoms with Crippen LogP contribution in [0.25, 0.3) is 0 Å². The van der Waals surface area contributed by atoms with E-state index < -0.39 is 17.6 Å². The molecule has 8 heteroatoms.